The first-order chi connectivity index (χ1) is 9.69. The monoisotopic (exact) mass is 277 g/mol. The van der Waals surface area contributed by atoms with E-state index in [9.17, 15) is 14.7 Å². The molecular weight excluding hydrogens is 258 g/mol. The largest absolute Gasteiger partial charge is 0.481 e. The highest BCUT2D eigenvalue weighted by Gasteiger charge is 2.30. The van der Waals surface area contributed by atoms with Crippen molar-refractivity contribution in [2.45, 2.75) is 25.9 Å². The van der Waals surface area contributed by atoms with Crippen LogP contribution in [0.2, 0.25) is 0 Å². The van der Waals surface area contributed by atoms with Gasteiger partial charge in [-0.15, -0.1) is 0 Å². The summed E-state index contributed by atoms with van der Waals surface area (Å²) in [6, 6.07) is 9.45. The fourth-order valence-corrected chi connectivity index (χ4v) is 2.08. The van der Waals surface area contributed by atoms with Crippen LogP contribution in [-0.2, 0) is 21.0 Å². The van der Waals surface area contributed by atoms with E-state index >= 15 is 0 Å². The molecule has 20 heavy (non-hydrogen) atoms. The van der Waals surface area contributed by atoms with Gasteiger partial charge < -0.3 is 5.11 Å². The minimum atomic E-state index is -0.868. The molecular formula is C15H19NO4. The van der Waals surface area contributed by atoms with Gasteiger partial charge in [0.15, 0.2) is 0 Å². The lowest BCUT2D eigenvalue weighted by Crippen LogP contribution is -2.32. The number of benzene rings is 1. The summed E-state index contributed by atoms with van der Waals surface area (Å²) < 4.78 is 0. The Morgan fingerprint density at radius 2 is 2.10 bits per heavy atom. The fourth-order valence-electron chi connectivity index (χ4n) is 2.08. The molecule has 1 aromatic carbocycles. The van der Waals surface area contributed by atoms with E-state index in [1.807, 2.05) is 30.3 Å². The van der Waals surface area contributed by atoms with Gasteiger partial charge >= 0.3 is 5.97 Å². The normalized spacial score (nSPS) is 15.6. The van der Waals surface area contributed by atoms with E-state index in [0.717, 1.165) is 23.5 Å². The molecule has 1 atom stereocenters. The van der Waals surface area contributed by atoms with Crippen LogP contribution in [0.5, 0.6) is 0 Å². The summed E-state index contributed by atoms with van der Waals surface area (Å²) in [5.41, 5.74) is 0.938. The van der Waals surface area contributed by atoms with Crippen molar-refractivity contribution in [3.63, 3.8) is 0 Å². The number of carbonyl (C=O) groups excluding carboxylic acids is 1. The average Bonchev–Trinajstić information content (AvgIpc) is 3.27. The van der Waals surface area contributed by atoms with Crippen LogP contribution in [-0.4, -0.2) is 29.1 Å². The highest BCUT2D eigenvalue weighted by Crippen LogP contribution is 2.35. The van der Waals surface area contributed by atoms with Crippen molar-refractivity contribution in [2.24, 2.45) is 11.8 Å². The van der Waals surface area contributed by atoms with Crippen LogP contribution in [0.15, 0.2) is 30.3 Å². The van der Waals surface area contributed by atoms with Crippen molar-refractivity contribution in [2.75, 3.05) is 6.54 Å². The lowest BCUT2D eigenvalue weighted by molar-refractivity contribution is -0.184. The predicted molar refractivity (Wildman–Crippen MR) is 72.5 cm³/mol. The smallest absolute Gasteiger partial charge is 0.308 e. The highest BCUT2D eigenvalue weighted by molar-refractivity contribution is 5.70. The second-order valence-electron chi connectivity index (χ2n) is 5.18. The SMILES string of the molecule is O=CN(C[C@@H](CC1CC1)C(=O)O)OCc1ccccc1. The molecule has 1 fully saturated rings. The third-order valence-electron chi connectivity index (χ3n) is 3.42. The topological polar surface area (TPSA) is 66.8 Å². The summed E-state index contributed by atoms with van der Waals surface area (Å²) >= 11 is 0. The standard InChI is InChI=1S/C15H19NO4/c17-11-16(20-10-13-4-2-1-3-5-13)9-14(15(18)19)8-12-6-7-12/h1-5,11-12,14H,6-10H2,(H,18,19)/t14-/m1/s1. The molecule has 2 rings (SSSR count). The Bertz CT molecular complexity index is 444. The van der Waals surface area contributed by atoms with E-state index in [0.29, 0.717) is 18.7 Å². The molecule has 1 amide bonds. The highest BCUT2D eigenvalue weighted by atomic mass is 16.7. The van der Waals surface area contributed by atoms with E-state index in [2.05, 4.69) is 0 Å². The van der Waals surface area contributed by atoms with Crippen molar-refractivity contribution in [1.82, 2.24) is 5.06 Å². The zero-order valence-electron chi connectivity index (χ0n) is 11.3. The Kier molecular flexibility index (Phi) is 5.12. The second kappa shape index (κ2) is 7.05. The molecule has 5 nitrogen and oxygen atoms in total. The van der Waals surface area contributed by atoms with E-state index in [1.165, 1.54) is 0 Å². The number of hydrogen-bond acceptors (Lipinski definition) is 3. The van der Waals surface area contributed by atoms with Gasteiger partial charge in [-0.2, -0.15) is 0 Å². The van der Waals surface area contributed by atoms with Crippen molar-refractivity contribution in [3.8, 4) is 0 Å². The predicted octanol–water partition coefficient (Wildman–Crippen LogP) is 2.08. The van der Waals surface area contributed by atoms with Crippen LogP contribution in [0.25, 0.3) is 0 Å². The van der Waals surface area contributed by atoms with Crippen molar-refractivity contribution in [1.29, 1.82) is 0 Å². The molecule has 1 saturated carbocycles. The van der Waals surface area contributed by atoms with E-state index in [4.69, 9.17) is 4.84 Å². The van der Waals surface area contributed by atoms with Crippen LogP contribution < -0.4 is 0 Å². The molecule has 0 bridgehead atoms. The van der Waals surface area contributed by atoms with Gasteiger partial charge in [0.05, 0.1) is 12.5 Å². The zero-order chi connectivity index (χ0) is 14.4. The maximum atomic E-state index is 11.2. The number of hydrogen-bond donors (Lipinski definition) is 1. The van der Waals surface area contributed by atoms with E-state index in [1.54, 1.807) is 0 Å². The van der Waals surface area contributed by atoms with E-state index < -0.39 is 11.9 Å². The molecule has 1 aromatic rings. The number of amides is 1. The summed E-state index contributed by atoms with van der Waals surface area (Å²) in [6.07, 6.45) is 3.35. The Balaban J connectivity index is 1.83. The van der Waals surface area contributed by atoms with Crippen molar-refractivity contribution < 1.29 is 19.5 Å². The Morgan fingerprint density at radius 1 is 1.40 bits per heavy atom. The Morgan fingerprint density at radius 3 is 2.65 bits per heavy atom. The summed E-state index contributed by atoms with van der Waals surface area (Å²) in [7, 11) is 0. The molecule has 1 aliphatic rings. The first-order valence-electron chi connectivity index (χ1n) is 6.80. The lowest BCUT2D eigenvalue weighted by Gasteiger charge is -2.21. The molecule has 0 aliphatic heterocycles. The van der Waals surface area contributed by atoms with Crippen molar-refractivity contribution in [3.05, 3.63) is 35.9 Å². The molecule has 0 unspecified atom stereocenters. The molecule has 108 valence electrons. The number of carboxylic acid groups (broad SMARTS) is 1. The van der Waals surface area contributed by atoms with Gasteiger partial charge in [-0.25, -0.2) is 5.06 Å². The van der Waals surface area contributed by atoms with Gasteiger partial charge in [-0.1, -0.05) is 43.2 Å². The van der Waals surface area contributed by atoms with Crippen LogP contribution in [0.1, 0.15) is 24.8 Å². The number of aliphatic carboxylic acids is 1. The molecule has 0 heterocycles. The second-order valence-corrected chi connectivity index (χ2v) is 5.18. The first-order valence-corrected chi connectivity index (χ1v) is 6.80. The van der Waals surface area contributed by atoms with Crippen molar-refractivity contribution >= 4 is 12.4 Å². The van der Waals surface area contributed by atoms with Gasteiger partial charge in [0.2, 0.25) is 6.41 Å². The van der Waals surface area contributed by atoms with Gasteiger partial charge in [-0.3, -0.25) is 14.4 Å². The molecule has 1 N–H and O–H groups in total. The number of rotatable bonds is 9. The fraction of sp³-hybridized carbons (Fsp3) is 0.467. The third kappa shape index (κ3) is 4.66. The Hall–Kier alpha value is -1.88. The van der Waals surface area contributed by atoms with Gasteiger partial charge in [-0.05, 0) is 17.9 Å². The summed E-state index contributed by atoms with van der Waals surface area (Å²) in [5.74, 6) is -0.922. The Labute approximate surface area is 118 Å². The average molecular weight is 277 g/mol. The zero-order valence-corrected chi connectivity index (χ0v) is 11.3. The molecule has 1 aliphatic carbocycles. The van der Waals surface area contributed by atoms with E-state index in [-0.39, 0.29) is 13.2 Å². The van der Waals surface area contributed by atoms with Gasteiger partial charge in [0.1, 0.15) is 6.61 Å². The molecule has 5 heteroatoms. The molecule has 0 aromatic heterocycles. The molecule has 0 spiro atoms. The maximum absolute atomic E-state index is 11.2. The van der Waals surface area contributed by atoms with Gasteiger partial charge in [0, 0.05) is 0 Å². The minimum Gasteiger partial charge on any atom is -0.481 e. The summed E-state index contributed by atoms with van der Waals surface area (Å²) in [4.78, 5) is 27.5. The lowest BCUT2D eigenvalue weighted by atomic mass is 10.0. The van der Waals surface area contributed by atoms with Crippen LogP contribution in [0.3, 0.4) is 0 Å². The maximum Gasteiger partial charge on any atom is 0.308 e. The van der Waals surface area contributed by atoms with Crippen LogP contribution >= 0.6 is 0 Å². The quantitative estimate of drug-likeness (QED) is 0.554. The molecule has 0 radical (unpaired) electrons. The van der Waals surface area contributed by atoms with Gasteiger partial charge in [0.25, 0.3) is 0 Å². The number of carboxylic acids is 1. The summed E-state index contributed by atoms with van der Waals surface area (Å²) in [5, 5.41) is 10.3. The minimum absolute atomic E-state index is 0.0994. The third-order valence-corrected chi connectivity index (χ3v) is 3.42. The number of nitrogens with zero attached hydrogens (tertiary/aromatic N) is 1. The number of carbonyl (C=O) groups is 2. The number of hydroxylamine groups is 2. The first kappa shape index (κ1) is 14.5. The van der Waals surface area contributed by atoms with Crippen LogP contribution in [0, 0.1) is 11.8 Å². The summed E-state index contributed by atoms with van der Waals surface area (Å²) in [6.45, 7) is 0.359. The van der Waals surface area contributed by atoms with Crippen LogP contribution in [0.4, 0.5) is 0 Å². The molecule has 0 saturated heterocycles.